The van der Waals surface area contributed by atoms with E-state index in [1.165, 1.54) is 23.1 Å². The fraction of sp³-hybridized carbons (Fsp3) is 0.357. The van der Waals surface area contributed by atoms with E-state index in [1.807, 2.05) is 27.7 Å². The molecule has 0 aliphatic heterocycles. The van der Waals surface area contributed by atoms with Crippen LogP contribution in [0.25, 0.3) is 0 Å². The zero-order valence-electron chi connectivity index (χ0n) is 11.7. The highest BCUT2D eigenvalue weighted by atomic mass is 35.5. The van der Waals surface area contributed by atoms with Crippen molar-refractivity contribution in [2.75, 3.05) is 0 Å². The number of Topliss-reactive ketones (excluding diaryl/α,β-unsaturated/α-hetero) is 1. The fourth-order valence-corrected chi connectivity index (χ4v) is 3.73. The molecule has 0 aliphatic carbocycles. The molecule has 106 valence electrons. The van der Waals surface area contributed by atoms with Crippen LogP contribution in [0.5, 0.6) is 0 Å². The summed E-state index contributed by atoms with van der Waals surface area (Å²) >= 11 is 8.55. The van der Waals surface area contributed by atoms with Gasteiger partial charge in [-0.3, -0.25) is 4.79 Å². The van der Waals surface area contributed by atoms with Crippen LogP contribution < -0.4 is 0 Å². The largest absolute Gasteiger partial charge is 0.292 e. The van der Waals surface area contributed by atoms with E-state index in [2.05, 4.69) is 9.97 Å². The van der Waals surface area contributed by atoms with Crippen LogP contribution in [0.4, 0.5) is 0 Å². The van der Waals surface area contributed by atoms with Crippen molar-refractivity contribution in [3.8, 4) is 0 Å². The number of ketones is 1. The summed E-state index contributed by atoms with van der Waals surface area (Å²) in [5.74, 6) is 0.0615. The molecule has 6 heteroatoms. The summed E-state index contributed by atoms with van der Waals surface area (Å²) in [6, 6.07) is 3.51. The molecule has 0 amide bonds. The lowest BCUT2D eigenvalue weighted by Crippen LogP contribution is -2.13. The Bertz CT molecular complexity index is 631. The fourth-order valence-electron chi connectivity index (χ4n) is 1.65. The Labute approximate surface area is 131 Å². The molecular weight excluding hydrogens is 312 g/mol. The van der Waals surface area contributed by atoms with Crippen LogP contribution in [-0.2, 0) is 0 Å². The number of rotatable bonds is 4. The van der Waals surface area contributed by atoms with Crippen molar-refractivity contribution in [2.45, 2.75) is 38.1 Å². The Balaban J connectivity index is 2.15. The Hall–Kier alpha value is -0.910. The lowest BCUT2D eigenvalue weighted by Gasteiger charge is -2.10. The van der Waals surface area contributed by atoms with Crippen LogP contribution in [0.15, 0.2) is 17.3 Å². The van der Waals surface area contributed by atoms with Crippen LogP contribution in [0.1, 0.15) is 33.5 Å². The summed E-state index contributed by atoms with van der Waals surface area (Å²) in [5, 5.41) is 0.417. The standard InChI is InChI=1S/C14H15ClN2OS2/c1-7-8(2)16-14(17-9(7)3)19-10(4)13(18)11-5-6-12(15)20-11/h5-6,10H,1-4H3. The van der Waals surface area contributed by atoms with Gasteiger partial charge in [-0.2, -0.15) is 0 Å². The number of thioether (sulfide) groups is 1. The third-order valence-electron chi connectivity index (χ3n) is 3.08. The van der Waals surface area contributed by atoms with E-state index in [0.717, 1.165) is 17.0 Å². The molecule has 2 aromatic rings. The van der Waals surface area contributed by atoms with Crippen LogP contribution in [0, 0.1) is 20.8 Å². The highest BCUT2D eigenvalue weighted by Gasteiger charge is 2.20. The third kappa shape index (κ3) is 3.40. The second-order valence-corrected chi connectivity index (χ2v) is 7.55. The molecule has 0 bridgehead atoms. The first-order chi connectivity index (χ1) is 9.38. The maximum Gasteiger partial charge on any atom is 0.188 e. The normalized spacial score (nSPS) is 12.4. The quantitative estimate of drug-likeness (QED) is 0.472. The minimum Gasteiger partial charge on any atom is -0.292 e. The number of thiophene rings is 1. The van der Waals surface area contributed by atoms with Gasteiger partial charge in [0.05, 0.1) is 14.5 Å². The predicted molar refractivity (Wildman–Crippen MR) is 85.2 cm³/mol. The summed E-state index contributed by atoms with van der Waals surface area (Å²) in [5.41, 5.74) is 3.01. The molecule has 3 nitrogen and oxygen atoms in total. The number of hydrogen-bond donors (Lipinski definition) is 0. The van der Waals surface area contributed by atoms with Gasteiger partial charge in [-0.15, -0.1) is 11.3 Å². The maximum atomic E-state index is 12.3. The number of carbonyl (C=O) groups excluding carboxylic acids is 1. The summed E-state index contributed by atoms with van der Waals surface area (Å²) in [4.78, 5) is 21.8. The molecular formula is C14H15ClN2OS2. The molecule has 0 saturated heterocycles. The second-order valence-electron chi connectivity index (χ2n) is 4.53. The van der Waals surface area contributed by atoms with Crippen molar-refractivity contribution in [3.63, 3.8) is 0 Å². The molecule has 0 fully saturated rings. The molecule has 0 saturated carbocycles. The van der Waals surface area contributed by atoms with E-state index in [1.54, 1.807) is 12.1 Å². The Morgan fingerprint density at radius 2 is 1.85 bits per heavy atom. The number of halogens is 1. The number of hydrogen-bond acceptors (Lipinski definition) is 5. The highest BCUT2D eigenvalue weighted by molar-refractivity contribution is 8.00. The zero-order chi connectivity index (χ0) is 14.9. The third-order valence-corrected chi connectivity index (χ3v) is 5.29. The lowest BCUT2D eigenvalue weighted by molar-refractivity contribution is 0.0997. The summed E-state index contributed by atoms with van der Waals surface area (Å²) in [7, 11) is 0. The molecule has 0 aromatic carbocycles. The first-order valence-corrected chi connectivity index (χ1v) is 8.24. The van der Waals surface area contributed by atoms with Crippen molar-refractivity contribution in [2.24, 2.45) is 0 Å². The minimum absolute atomic E-state index is 0.0615. The van der Waals surface area contributed by atoms with E-state index in [-0.39, 0.29) is 11.0 Å². The molecule has 1 atom stereocenters. The first-order valence-electron chi connectivity index (χ1n) is 6.16. The average molecular weight is 327 g/mol. The number of aryl methyl sites for hydroxylation is 2. The minimum atomic E-state index is -0.230. The van der Waals surface area contributed by atoms with Crippen molar-refractivity contribution in [3.05, 3.63) is 38.3 Å². The van der Waals surface area contributed by atoms with Crippen molar-refractivity contribution >= 4 is 40.5 Å². The summed E-state index contributed by atoms with van der Waals surface area (Å²) in [6.07, 6.45) is 0. The second kappa shape index (κ2) is 6.24. The van der Waals surface area contributed by atoms with Gasteiger partial charge in [0, 0.05) is 11.4 Å². The monoisotopic (exact) mass is 326 g/mol. The number of carbonyl (C=O) groups is 1. The molecule has 20 heavy (non-hydrogen) atoms. The van der Waals surface area contributed by atoms with Gasteiger partial charge in [0.2, 0.25) is 0 Å². The van der Waals surface area contributed by atoms with Gasteiger partial charge in [0.15, 0.2) is 10.9 Å². The summed E-state index contributed by atoms with van der Waals surface area (Å²) < 4.78 is 0.629. The molecule has 0 N–H and O–H groups in total. The van der Waals surface area contributed by atoms with Crippen LogP contribution in [0.2, 0.25) is 4.34 Å². The van der Waals surface area contributed by atoms with E-state index in [9.17, 15) is 4.79 Å². The van der Waals surface area contributed by atoms with E-state index in [4.69, 9.17) is 11.6 Å². The highest BCUT2D eigenvalue weighted by Crippen LogP contribution is 2.28. The van der Waals surface area contributed by atoms with Gasteiger partial charge < -0.3 is 0 Å². The lowest BCUT2D eigenvalue weighted by atomic mass is 10.2. The van der Waals surface area contributed by atoms with Gasteiger partial charge in [0.1, 0.15) is 0 Å². The van der Waals surface area contributed by atoms with Crippen LogP contribution >= 0.6 is 34.7 Å². The van der Waals surface area contributed by atoms with E-state index in [0.29, 0.717) is 14.4 Å². The van der Waals surface area contributed by atoms with Gasteiger partial charge in [0.25, 0.3) is 0 Å². The van der Waals surface area contributed by atoms with E-state index < -0.39 is 0 Å². The SMILES string of the molecule is Cc1nc(SC(C)C(=O)c2ccc(Cl)s2)nc(C)c1C. The summed E-state index contributed by atoms with van der Waals surface area (Å²) in [6.45, 7) is 7.79. The van der Waals surface area contributed by atoms with Crippen molar-refractivity contribution in [1.29, 1.82) is 0 Å². The van der Waals surface area contributed by atoms with Gasteiger partial charge >= 0.3 is 0 Å². The van der Waals surface area contributed by atoms with Gasteiger partial charge in [-0.05, 0) is 45.4 Å². The molecule has 0 aliphatic rings. The Morgan fingerprint density at radius 1 is 1.25 bits per heavy atom. The molecule has 2 rings (SSSR count). The topological polar surface area (TPSA) is 42.9 Å². The molecule has 2 heterocycles. The molecule has 2 aromatic heterocycles. The zero-order valence-corrected chi connectivity index (χ0v) is 14.1. The average Bonchev–Trinajstić information content (AvgIpc) is 2.81. The van der Waals surface area contributed by atoms with E-state index >= 15 is 0 Å². The maximum absolute atomic E-state index is 12.3. The molecule has 0 radical (unpaired) electrons. The molecule has 1 unspecified atom stereocenters. The first kappa shape index (κ1) is 15.5. The van der Waals surface area contributed by atoms with Gasteiger partial charge in [-0.25, -0.2) is 9.97 Å². The van der Waals surface area contributed by atoms with Gasteiger partial charge in [-0.1, -0.05) is 23.4 Å². The number of aromatic nitrogens is 2. The van der Waals surface area contributed by atoms with Crippen LogP contribution in [-0.4, -0.2) is 21.0 Å². The molecule has 0 spiro atoms. The predicted octanol–water partition coefficient (Wildman–Crippen LogP) is 4.48. The number of nitrogens with zero attached hydrogens (tertiary/aromatic N) is 2. The van der Waals surface area contributed by atoms with Crippen LogP contribution in [0.3, 0.4) is 0 Å². The van der Waals surface area contributed by atoms with Crippen molar-refractivity contribution in [1.82, 2.24) is 9.97 Å². The smallest absolute Gasteiger partial charge is 0.188 e. The Kier molecular flexibility index (Phi) is 4.83. The Morgan fingerprint density at radius 3 is 2.35 bits per heavy atom. The van der Waals surface area contributed by atoms with Crippen molar-refractivity contribution < 1.29 is 4.79 Å².